The Bertz CT molecular complexity index is 636. The van der Waals surface area contributed by atoms with Crippen molar-refractivity contribution in [3.8, 4) is 0 Å². The summed E-state index contributed by atoms with van der Waals surface area (Å²) in [6, 6.07) is 15.0. The first-order valence-corrected chi connectivity index (χ1v) is 6.89. The van der Waals surface area contributed by atoms with E-state index in [9.17, 15) is 4.79 Å². The monoisotopic (exact) mass is 283 g/mol. The Labute approximate surface area is 125 Å². The smallest absolute Gasteiger partial charge is 0.253 e. The van der Waals surface area contributed by atoms with Crippen molar-refractivity contribution in [2.45, 2.75) is 19.3 Å². The van der Waals surface area contributed by atoms with Gasteiger partial charge in [0.2, 0.25) is 0 Å². The van der Waals surface area contributed by atoms with Crippen LogP contribution in [0.1, 0.15) is 29.8 Å². The van der Waals surface area contributed by atoms with Crippen molar-refractivity contribution in [1.82, 2.24) is 5.32 Å². The first-order chi connectivity index (χ1) is 9.90. The molecule has 0 aliphatic carbocycles. The zero-order valence-corrected chi connectivity index (χ0v) is 12.4. The molecule has 0 saturated carbocycles. The number of benzene rings is 2. The second-order valence-corrected chi connectivity index (χ2v) is 5.78. The summed E-state index contributed by atoms with van der Waals surface area (Å²) < 4.78 is 0. The van der Waals surface area contributed by atoms with Crippen molar-refractivity contribution >= 4 is 17.3 Å². The predicted molar refractivity (Wildman–Crippen MR) is 87.1 cm³/mol. The van der Waals surface area contributed by atoms with E-state index in [0.29, 0.717) is 23.5 Å². The van der Waals surface area contributed by atoms with Crippen LogP contribution in [-0.4, -0.2) is 12.5 Å². The summed E-state index contributed by atoms with van der Waals surface area (Å²) in [4.78, 5) is 12.2. The summed E-state index contributed by atoms with van der Waals surface area (Å²) in [6.07, 6.45) is 0. The van der Waals surface area contributed by atoms with Crippen molar-refractivity contribution in [3.05, 3.63) is 59.7 Å². The molecule has 5 N–H and O–H groups in total. The lowest BCUT2D eigenvalue weighted by Crippen LogP contribution is -2.36. The van der Waals surface area contributed by atoms with Crippen LogP contribution in [0.25, 0.3) is 0 Å². The molecule has 2 aromatic rings. The van der Waals surface area contributed by atoms with Crippen LogP contribution in [0.15, 0.2) is 48.5 Å². The highest BCUT2D eigenvalue weighted by atomic mass is 16.1. The number of hydrogen-bond acceptors (Lipinski definition) is 3. The predicted octanol–water partition coefficient (Wildman–Crippen LogP) is 2.56. The maximum absolute atomic E-state index is 12.2. The number of anilines is 2. The Morgan fingerprint density at radius 3 is 2.38 bits per heavy atom. The quantitative estimate of drug-likeness (QED) is 0.754. The third kappa shape index (κ3) is 3.54. The van der Waals surface area contributed by atoms with E-state index in [-0.39, 0.29) is 11.3 Å². The van der Waals surface area contributed by atoms with E-state index in [1.807, 2.05) is 18.2 Å². The van der Waals surface area contributed by atoms with Crippen molar-refractivity contribution in [1.29, 1.82) is 0 Å². The molecule has 0 radical (unpaired) electrons. The Kier molecular flexibility index (Phi) is 4.17. The van der Waals surface area contributed by atoms with Crippen molar-refractivity contribution in [2.75, 3.05) is 18.0 Å². The molecule has 0 bridgehead atoms. The highest BCUT2D eigenvalue weighted by Crippen LogP contribution is 2.22. The van der Waals surface area contributed by atoms with Crippen LogP contribution < -0.4 is 16.8 Å². The molecule has 0 atom stereocenters. The van der Waals surface area contributed by atoms with E-state index < -0.39 is 0 Å². The van der Waals surface area contributed by atoms with Crippen LogP contribution >= 0.6 is 0 Å². The first-order valence-electron chi connectivity index (χ1n) is 6.89. The Morgan fingerprint density at radius 2 is 1.76 bits per heavy atom. The van der Waals surface area contributed by atoms with E-state index >= 15 is 0 Å². The van der Waals surface area contributed by atoms with Gasteiger partial charge in [-0.1, -0.05) is 44.2 Å². The minimum Gasteiger partial charge on any atom is -0.399 e. The topological polar surface area (TPSA) is 81.1 Å². The van der Waals surface area contributed by atoms with Crippen molar-refractivity contribution in [2.24, 2.45) is 0 Å². The average molecular weight is 283 g/mol. The minimum atomic E-state index is -0.184. The molecular weight excluding hydrogens is 262 g/mol. The molecule has 21 heavy (non-hydrogen) atoms. The molecule has 0 spiro atoms. The number of carbonyl (C=O) groups is 1. The molecule has 0 fully saturated rings. The summed E-state index contributed by atoms with van der Waals surface area (Å²) in [5.74, 6) is -0.184. The lowest BCUT2D eigenvalue weighted by Gasteiger charge is -2.25. The lowest BCUT2D eigenvalue weighted by molar-refractivity contribution is 0.0946. The highest BCUT2D eigenvalue weighted by molar-refractivity contribution is 5.99. The molecular formula is C17H21N3O. The maximum atomic E-state index is 12.2. The molecule has 0 aliphatic rings. The first kappa shape index (κ1) is 14.9. The summed E-state index contributed by atoms with van der Waals surface area (Å²) >= 11 is 0. The number of carbonyl (C=O) groups excluding carboxylic acids is 1. The third-order valence-electron chi connectivity index (χ3n) is 3.57. The standard InChI is InChI=1S/C17H21N3O/c1-17(2,12-6-4-3-5-7-12)11-20-16(21)14-9-8-13(18)10-15(14)19/h3-10H,11,18-19H2,1-2H3,(H,20,21). The van der Waals surface area contributed by atoms with Crippen molar-refractivity contribution in [3.63, 3.8) is 0 Å². The third-order valence-corrected chi connectivity index (χ3v) is 3.57. The van der Waals surface area contributed by atoms with Gasteiger partial charge in [0.05, 0.1) is 5.56 Å². The van der Waals surface area contributed by atoms with E-state index in [2.05, 4.69) is 31.3 Å². The summed E-state index contributed by atoms with van der Waals surface area (Å²) in [7, 11) is 0. The van der Waals surface area contributed by atoms with Crippen LogP contribution in [-0.2, 0) is 5.41 Å². The van der Waals surface area contributed by atoms with E-state index in [0.717, 1.165) is 0 Å². The van der Waals surface area contributed by atoms with Crippen LogP contribution in [0.3, 0.4) is 0 Å². The average Bonchev–Trinajstić information content (AvgIpc) is 2.46. The van der Waals surface area contributed by atoms with Gasteiger partial charge in [-0.15, -0.1) is 0 Å². The molecule has 0 unspecified atom stereocenters. The fourth-order valence-corrected chi connectivity index (χ4v) is 2.18. The Morgan fingerprint density at radius 1 is 1.10 bits per heavy atom. The molecule has 2 rings (SSSR count). The molecule has 0 aliphatic heterocycles. The zero-order valence-electron chi connectivity index (χ0n) is 12.4. The van der Waals surface area contributed by atoms with E-state index in [1.165, 1.54) is 5.56 Å². The van der Waals surface area contributed by atoms with Crippen LogP contribution in [0.2, 0.25) is 0 Å². The van der Waals surface area contributed by atoms with Gasteiger partial charge in [0.15, 0.2) is 0 Å². The number of nitrogens with one attached hydrogen (secondary N) is 1. The number of amides is 1. The van der Waals surface area contributed by atoms with Crippen LogP contribution in [0, 0.1) is 0 Å². The lowest BCUT2D eigenvalue weighted by atomic mass is 9.84. The molecule has 1 amide bonds. The Hall–Kier alpha value is -2.49. The zero-order chi connectivity index (χ0) is 15.5. The van der Waals surface area contributed by atoms with Gasteiger partial charge in [0.1, 0.15) is 0 Å². The summed E-state index contributed by atoms with van der Waals surface area (Å²) in [5, 5.41) is 2.94. The molecule has 0 heterocycles. The van der Waals surface area contributed by atoms with Gasteiger partial charge in [-0.25, -0.2) is 0 Å². The number of rotatable bonds is 4. The fraction of sp³-hybridized carbons (Fsp3) is 0.235. The highest BCUT2D eigenvalue weighted by Gasteiger charge is 2.21. The summed E-state index contributed by atoms with van der Waals surface area (Å²) in [5.41, 5.74) is 13.9. The number of hydrogen-bond donors (Lipinski definition) is 3. The van der Waals surface area contributed by atoms with E-state index in [4.69, 9.17) is 11.5 Å². The van der Waals surface area contributed by atoms with Gasteiger partial charge in [0.25, 0.3) is 5.91 Å². The van der Waals surface area contributed by atoms with Gasteiger partial charge in [-0.05, 0) is 23.8 Å². The van der Waals surface area contributed by atoms with Crippen LogP contribution in [0.4, 0.5) is 11.4 Å². The minimum absolute atomic E-state index is 0.153. The van der Waals surface area contributed by atoms with E-state index in [1.54, 1.807) is 18.2 Å². The Balaban J connectivity index is 2.07. The molecule has 2 aromatic carbocycles. The molecule has 0 aromatic heterocycles. The molecule has 0 saturated heterocycles. The normalized spacial score (nSPS) is 11.1. The van der Waals surface area contributed by atoms with Gasteiger partial charge < -0.3 is 16.8 Å². The van der Waals surface area contributed by atoms with Gasteiger partial charge in [0, 0.05) is 23.3 Å². The molecule has 4 nitrogen and oxygen atoms in total. The second-order valence-electron chi connectivity index (χ2n) is 5.78. The van der Waals surface area contributed by atoms with Gasteiger partial charge in [-0.3, -0.25) is 4.79 Å². The van der Waals surface area contributed by atoms with Crippen LogP contribution in [0.5, 0.6) is 0 Å². The molecule has 110 valence electrons. The summed E-state index contributed by atoms with van der Waals surface area (Å²) in [6.45, 7) is 4.71. The van der Waals surface area contributed by atoms with Gasteiger partial charge in [-0.2, -0.15) is 0 Å². The number of nitrogen functional groups attached to an aromatic ring is 2. The number of nitrogens with two attached hydrogens (primary N) is 2. The maximum Gasteiger partial charge on any atom is 0.253 e. The second kappa shape index (κ2) is 5.87. The van der Waals surface area contributed by atoms with Gasteiger partial charge >= 0.3 is 0 Å². The molecule has 4 heteroatoms. The largest absolute Gasteiger partial charge is 0.399 e. The van der Waals surface area contributed by atoms with Crippen molar-refractivity contribution < 1.29 is 4.79 Å². The fourth-order valence-electron chi connectivity index (χ4n) is 2.18. The SMILES string of the molecule is CC(C)(CNC(=O)c1ccc(N)cc1N)c1ccccc1.